The van der Waals surface area contributed by atoms with Gasteiger partial charge in [-0.05, 0) is 67.9 Å². The summed E-state index contributed by atoms with van der Waals surface area (Å²) in [6.45, 7) is 4.23. The second-order valence-corrected chi connectivity index (χ2v) is 12.9. The van der Waals surface area contributed by atoms with Crippen LogP contribution in [0, 0.1) is 17.8 Å². The maximum Gasteiger partial charge on any atom is 0.233 e. The molecule has 2 aromatic rings. The van der Waals surface area contributed by atoms with Crippen molar-refractivity contribution < 1.29 is 29.0 Å². The van der Waals surface area contributed by atoms with Gasteiger partial charge in [-0.2, -0.15) is 0 Å². The normalized spacial score (nSPS) is 27.2. The molecule has 2 fully saturated rings. The minimum absolute atomic E-state index is 0.0923. The Morgan fingerprint density at radius 3 is 2.36 bits per heavy atom. The molecule has 8 nitrogen and oxygen atoms in total. The van der Waals surface area contributed by atoms with E-state index in [-0.39, 0.29) is 55.0 Å². The van der Waals surface area contributed by atoms with Crippen LogP contribution < -0.4 is 4.74 Å². The number of allylic oxidation sites excluding steroid dienone is 6. The van der Waals surface area contributed by atoms with Crippen molar-refractivity contribution in [3.05, 3.63) is 100 Å². The van der Waals surface area contributed by atoms with E-state index in [9.17, 15) is 19.2 Å². The molecule has 3 aliphatic carbocycles. The highest BCUT2D eigenvalue weighted by Gasteiger charge is 2.57. The number of rotatable bonds is 7. The van der Waals surface area contributed by atoms with Gasteiger partial charge in [-0.25, -0.2) is 0 Å². The summed E-state index contributed by atoms with van der Waals surface area (Å²) in [7, 11) is 0. The number of aliphatic hydroxyl groups is 1. The molecule has 0 spiro atoms. The topological polar surface area (TPSA) is 104 Å². The van der Waals surface area contributed by atoms with E-state index in [2.05, 4.69) is 23.1 Å². The van der Waals surface area contributed by atoms with Gasteiger partial charge in [0.2, 0.25) is 11.8 Å². The second-order valence-electron chi connectivity index (χ2n) is 12.9. The summed E-state index contributed by atoms with van der Waals surface area (Å²) in [4.78, 5) is 59.1. The summed E-state index contributed by atoms with van der Waals surface area (Å²) in [5.74, 6) is -1.76. The fraction of sp³-hybridized carbons (Fsp3) is 0.405. The first-order valence-electron chi connectivity index (χ1n) is 16.0. The third-order valence-corrected chi connectivity index (χ3v) is 10.3. The number of Topliss-reactive ketones (excluding diaryl/α,β-unsaturated/α-hetero) is 1. The summed E-state index contributed by atoms with van der Waals surface area (Å²) in [6, 6.07) is 17.6. The van der Waals surface area contributed by atoms with Crippen LogP contribution in [-0.2, 0) is 25.7 Å². The number of hydrogen-bond acceptors (Lipinski definition) is 7. The Balaban J connectivity index is 1.16. The number of ketones is 2. The highest BCUT2D eigenvalue weighted by atomic mass is 16.5. The molecular formula is C37H38N2O6. The number of amides is 2. The van der Waals surface area contributed by atoms with Crippen molar-refractivity contribution >= 4 is 23.4 Å². The minimum Gasteiger partial charge on any atom is -0.491 e. The standard InChI is InChI=1S/C37H38N2O6/c1-22-19-31(41)30-20-29-27(32(34(30)35(22)42)24-7-9-26(10-8-24)45-18-17-40)11-12-28-33(29)37(44)39(36(28)43)25-13-15-38(16-14-25)21-23-5-3-2-4-6-23/h2-11,19,25,28-29,32-33,40H,12-18,20-21H2,1H3. The Bertz CT molecular complexity index is 1630. The molecule has 0 aromatic heterocycles. The smallest absolute Gasteiger partial charge is 0.233 e. The fourth-order valence-corrected chi connectivity index (χ4v) is 8.22. The van der Waals surface area contributed by atoms with E-state index < -0.39 is 17.8 Å². The van der Waals surface area contributed by atoms with Crippen molar-refractivity contribution in [3.8, 4) is 5.75 Å². The number of benzene rings is 2. The second kappa shape index (κ2) is 12.0. The van der Waals surface area contributed by atoms with Crippen LogP contribution in [-0.4, -0.2) is 70.6 Å². The molecule has 0 saturated carbocycles. The van der Waals surface area contributed by atoms with Gasteiger partial charge < -0.3 is 9.84 Å². The Kier molecular flexibility index (Phi) is 7.88. The van der Waals surface area contributed by atoms with Crippen LogP contribution in [0.5, 0.6) is 5.75 Å². The van der Waals surface area contributed by atoms with Crippen molar-refractivity contribution in [1.29, 1.82) is 0 Å². The zero-order chi connectivity index (χ0) is 31.2. The minimum atomic E-state index is -0.543. The fourth-order valence-electron chi connectivity index (χ4n) is 8.22. The number of aliphatic hydroxyl groups excluding tert-OH is 1. The SMILES string of the molecule is CC1=CC(=O)C2=C(C1=O)C(c1ccc(OCCO)cc1)C1=CCC3C(=O)N(C4CCN(Cc5ccccc5)CC4)C(=O)C3C1C2. The van der Waals surface area contributed by atoms with E-state index in [1.54, 1.807) is 24.0 Å². The zero-order valence-electron chi connectivity index (χ0n) is 25.5. The third kappa shape index (κ3) is 5.20. The molecule has 2 heterocycles. The van der Waals surface area contributed by atoms with E-state index in [4.69, 9.17) is 9.84 Å². The summed E-state index contributed by atoms with van der Waals surface area (Å²) < 4.78 is 5.56. The lowest BCUT2D eigenvalue weighted by Crippen LogP contribution is -2.47. The van der Waals surface area contributed by atoms with Crippen LogP contribution in [0.15, 0.2) is 89.0 Å². The van der Waals surface area contributed by atoms with Gasteiger partial charge >= 0.3 is 0 Å². The Morgan fingerprint density at radius 2 is 1.64 bits per heavy atom. The lowest BCUT2D eigenvalue weighted by atomic mass is 9.59. The number of piperidine rings is 1. The molecule has 2 aromatic carbocycles. The molecule has 4 atom stereocenters. The number of imide groups is 1. The van der Waals surface area contributed by atoms with Gasteiger partial charge in [0, 0.05) is 48.3 Å². The predicted octanol–water partition coefficient (Wildman–Crippen LogP) is 4.15. The quantitative estimate of drug-likeness (QED) is 0.287. The first-order chi connectivity index (χ1) is 21.9. The average Bonchev–Trinajstić information content (AvgIpc) is 3.32. The van der Waals surface area contributed by atoms with Crippen molar-refractivity contribution in [2.75, 3.05) is 26.3 Å². The van der Waals surface area contributed by atoms with Gasteiger partial charge in [-0.3, -0.25) is 29.0 Å². The maximum atomic E-state index is 14.3. The summed E-state index contributed by atoms with van der Waals surface area (Å²) in [5.41, 5.74) is 4.41. The van der Waals surface area contributed by atoms with Crippen molar-refractivity contribution in [2.24, 2.45) is 17.8 Å². The van der Waals surface area contributed by atoms with Gasteiger partial charge in [0.05, 0.1) is 18.4 Å². The van der Waals surface area contributed by atoms with E-state index in [0.29, 0.717) is 28.9 Å². The first kappa shape index (κ1) is 29.6. The molecule has 5 aliphatic rings. The van der Waals surface area contributed by atoms with E-state index in [0.717, 1.165) is 43.6 Å². The molecule has 0 radical (unpaired) electrons. The summed E-state index contributed by atoms with van der Waals surface area (Å²) in [6.07, 6.45) is 5.70. The van der Waals surface area contributed by atoms with E-state index >= 15 is 0 Å². The van der Waals surface area contributed by atoms with Gasteiger partial charge in [0.1, 0.15) is 12.4 Å². The predicted molar refractivity (Wildman–Crippen MR) is 167 cm³/mol. The van der Waals surface area contributed by atoms with Crippen molar-refractivity contribution in [2.45, 2.75) is 51.1 Å². The molecule has 45 heavy (non-hydrogen) atoms. The van der Waals surface area contributed by atoms with Crippen molar-refractivity contribution in [3.63, 3.8) is 0 Å². The van der Waals surface area contributed by atoms with Crippen LogP contribution in [0.1, 0.15) is 49.7 Å². The molecule has 2 saturated heterocycles. The summed E-state index contributed by atoms with van der Waals surface area (Å²) >= 11 is 0. The summed E-state index contributed by atoms with van der Waals surface area (Å²) in [5, 5.41) is 9.14. The number of nitrogens with zero attached hydrogens (tertiary/aromatic N) is 2. The molecule has 0 bridgehead atoms. The molecule has 2 amide bonds. The Hall–Kier alpha value is -4.14. The molecule has 232 valence electrons. The van der Waals surface area contributed by atoms with E-state index in [1.807, 2.05) is 30.3 Å². The van der Waals surface area contributed by atoms with E-state index in [1.165, 1.54) is 11.6 Å². The Morgan fingerprint density at radius 1 is 0.911 bits per heavy atom. The van der Waals surface area contributed by atoms with Crippen LogP contribution in [0.4, 0.5) is 0 Å². The van der Waals surface area contributed by atoms with Crippen molar-refractivity contribution in [1.82, 2.24) is 9.80 Å². The number of hydrogen-bond donors (Lipinski definition) is 1. The monoisotopic (exact) mass is 606 g/mol. The highest BCUT2D eigenvalue weighted by Crippen LogP contribution is 2.55. The lowest BCUT2D eigenvalue weighted by Gasteiger charge is -2.42. The third-order valence-electron chi connectivity index (χ3n) is 10.3. The number of carbonyl (C=O) groups excluding carboxylic acids is 4. The molecule has 2 aliphatic heterocycles. The van der Waals surface area contributed by atoms with Crippen LogP contribution in [0.25, 0.3) is 0 Å². The van der Waals surface area contributed by atoms with Gasteiger partial charge in [-0.1, -0.05) is 54.1 Å². The molecule has 7 rings (SSSR count). The molecule has 1 N–H and O–H groups in total. The lowest BCUT2D eigenvalue weighted by molar-refractivity contribution is -0.144. The molecule has 8 heteroatoms. The number of likely N-dealkylation sites (tertiary alicyclic amines) is 2. The van der Waals surface area contributed by atoms with Crippen LogP contribution in [0.3, 0.4) is 0 Å². The number of fused-ring (bicyclic) bond motifs is 3. The maximum absolute atomic E-state index is 14.3. The van der Waals surface area contributed by atoms with Gasteiger partial charge in [0.25, 0.3) is 0 Å². The average molecular weight is 607 g/mol. The molecule has 4 unspecified atom stereocenters. The largest absolute Gasteiger partial charge is 0.491 e. The number of carbonyl (C=O) groups is 4. The zero-order valence-corrected chi connectivity index (χ0v) is 25.5. The van der Waals surface area contributed by atoms with Crippen LogP contribution in [0.2, 0.25) is 0 Å². The Labute approximate surface area is 263 Å². The molecular weight excluding hydrogens is 568 g/mol. The first-order valence-corrected chi connectivity index (χ1v) is 16.0. The number of ether oxygens (including phenoxy) is 1. The highest BCUT2D eigenvalue weighted by molar-refractivity contribution is 6.23. The van der Waals surface area contributed by atoms with Gasteiger partial charge in [0.15, 0.2) is 11.6 Å². The van der Waals surface area contributed by atoms with Crippen LogP contribution >= 0.6 is 0 Å². The van der Waals surface area contributed by atoms with Gasteiger partial charge in [-0.15, -0.1) is 0 Å².